The first-order valence-electron chi connectivity index (χ1n) is 8.62. The fourth-order valence-corrected chi connectivity index (χ4v) is 3.05. The van der Waals surface area contributed by atoms with E-state index in [2.05, 4.69) is 10.6 Å². The van der Waals surface area contributed by atoms with Crippen molar-refractivity contribution in [3.63, 3.8) is 0 Å². The molecule has 1 saturated heterocycles. The number of hydrogen-bond acceptors (Lipinski definition) is 3. The quantitative estimate of drug-likeness (QED) is 0.792. The summed E-state index contributed by atoms with van der Waals surface area (Å²) < 4.78 is 0. The third-order valence-electron chi connectivity index (χ3n) is 4.23. The lowest BCUT2D eigenvalue weighted by atomic mass is 9.96. The molecule has 0 saturated carbocycles. The Labute approximate surface area is 143 Å². The number of amides is 3. The highest BCUT2D eigenvalue weighted by Gasteiger charge is 2.29. The first kappa shape index (κ1) is 18.3. The summed E-state index contributed by atoms with van der Waals surface area (Å²) in [6.45, 7) is 6.50. The number of anilines is 1. The van der Waals surface area contributed by atoms with E-state index in [9.17, 15) is 9.59 Å². The molecule has 6 nitrogen and oxygen atoms in total. The summed E-state index contributed by atoms with van der Waals surface area (Å²) in [5.74, 6) is 0.00943. The molecule has 0 aliphatic carbocycles. The highest BCUT2D eigenvalue weighted by molar-refractivity contribution is 5.96. The summed E-state index contributed by atoms with van der Waals surface area (Å²) in [5, 5.41) is 5.51. The van der Waals surface area contributed by atoms with E-state index in [1.54, 1.807) is 24.3 Å². The van der Waals surface area contributed by atoms with Gasteiger partial charge in [0.25, 0.3) is 5.91 Å². The molecule has 24 heavy (non-hydrogen) atoms. The Balaban J connectivity index is 2.04. The summed E-state index contributed by atoms with van der Waals surface area (Å²) in [6.07, 6.45) is 3.09. The summed E-state index contributed by atoms with van der Waals surface area (Å²) in [6, 6.07) is 6.88. The lowest BCUT2D eigenvalue weighted by Crippen LogP contribution is -2.51. The van der Waals surface area contributed by atoms with E-state index in [1.165, 1.54) is 0 Å². The zero-order valence-electron chi connectivity index (χ0n) is 14.7. The van der Waals surface area contributed by atoms with Crippen LogP contribution in [0.5, 0.6) is 0 Å². The number of nitrogens with two attached hydrogens (primary N) is 1. The Kier molecular flexibility index (Phi) is 6.20. The lowest BCUT2D eigenvalue weighted by Gasteiger charge is -2.38. The van der Waals surface area contributed by atoms with Crippen LogP contribution in [0.15, 0.2) is 24.3 Å². The molecule has 6 heteroatoms. The van der Waals surface area contributed by atoms with Gasteiger partial charge in [0.1, 0.15) is 0 Å². The van der Waals surface area contributed by atoms with Gasteiger partial charge in [-0.15, -0.1) is 0 Å². The minimum absolute atomic E-state index is 0.00943. The molecular weight excluding hydrogens is 304 g/mol. The van der Waals surface area contributed by atoms with Crippen LogP contribution >= 0.6 is 0 Å². The van der Waals surface area contributed by atoms with Crippen molar-refractivity contribution in [2.75, 3.05) is 11.9 Å². The third-order valence-corrected chi connectivity index (χ3v) is 4.23. The molecule has 1 aromatic carbocycles. The molecule has 0 bridgehead atoms. The van der Waals surface area contributed by atoms with Gasteiger partial charge in [0.2, 0.25) is 0 Å². The Morgan fingerprint density at radius 3 is 2.42 bits per heavy atom. The molecule has 1 fully saturated rings. The van der Waals surface area contributed by atoms with E-state index in [0.29, 0.717) is 11.3 Å². The maximum atomic E-state index is 12.8. The van der Waals surface area contributed by atoms with Gasteiger partial charge in [-0.2, -0.15) is 0 Å². The van der Waals surface area contributed by atoms with Crippen LogP contribution in [0, 0.1) is 0 Å². The SMILES string of the molecule is CC(C)NC(=O)Nc1ccc(C(=O)N2CCCCC2C(C)N)cc1. The number of hydrogen-bond donors (Lipinski definition) is 3. The molecule has 0 radical (unpaired) electrons. The summed E-state index contributed by atoms with van der Waals surface area (Å²) in [4.78, 5) is 26.4. The Morgan fingerprint density at radius 2 is 1.83 bits per heavy atom. The Morgan fingerprint density at radius 1 is 1.17 bits per heavy atom. The predicted octanol–water partition coefficient (Wildman–Crippen LogP) is 2.56. The highest BCUT2D eigenvalue weighted by Crippen LogP contribution is 2.22. The largest absolute Gasteiger partial charge is 0.336 e. The lowest BCUT2D eigenvalue weighted by molar-refractivity contribution is 0.0584. The molecule has 0 spiro atoms. The summed E-state index contributed by atoms with van der Waals surface area (Å²) in [7, 11) is 0. The van der Waals surface area contributed by atoms with Crippen molar-refractivity contribution in [3.05, 3.63) is 29.8 Å². The molecular formula is C18H28N4O2. The minimum Gasteiger partial charge on any atom is -0.336 e. The van der Waals surface area contributed by atoms with Gasteiger partial charge >= 0.3 is 6.03 Å². The predicted molar refractivity (Wildman–Crippen MR) is 96.1 cm³/mol. The van der Waals surface area contributed by atoms with Crippen molar-refractivity contribution in [1.29, 1.82) is 0 Å². The monoisotopic (exact) mass is 332 g/mol. The van der Waals surface area contributed by atoms with Gasteiger partial charge in [-0.05, 0) is 64.3 Å². The van der Waals surface area contributed by atoms with Crippen LogP contribution in [0.4, 0.5) is 10.5 Å². The molecule has 4 N–H and O–H groups in total. The number of carbonyl (C=O) groups is 2. The fraction of sp³-hybridized carbons (Fsp3) is 0.556. The van der Waals surface area contributed by atoms with E-state index in [4.69, 9.17) is 5.73 Å². The van der Waals surface area contributed by atoms with Crippen molar-refractivity contribution in [3.8, 4) is 0 Å². The van der Waals surface area contributed by atoms with Gasteiger partial charge in [0, 0.05) is 35.9 Å². The molecule has 2 atom stereocenters. The fourth-order valence-electron chi connectivity index (χ4n) is 3.05. The number of carbonyl (C=O) groups excluding carboxylic acids is 2. The third kappa shape index (κ3) is 4.71. The van der Waals surface area contributed by atoms with Crippen LogP contribution in [-0.4, -0.2) is 41.5 Å². The molecule has 2 unspecified atom stereocenters. The van der Waals surface area contributed by atoms with Gasteiger partial charge in [-0.25, -0.2) is 4.79 Å². The second-order valence-electron chi connectivity index (χ2n) is 6.75. The minimum atomic E-state index is -0.253. The normalized spacial score (nSPS) is 19.0. The van der Waals surface area contributed by atoms with Crippen molar-refractivity contribution >= 4 is 17.6 Å². The molecule has 1 aliphatic heterocycles. The molecule has 0 aromatic heterocycles. The molecule has 1 aliphatic rings. The summed E-state index contributed by atoms with van der Waals surface area (Å²) >= 11 is 0. The maximum Gasteiger partial charge on any atom is 0.319 e. The number of nitrogens with one attached hydrogen (secondary N) is 2. The Hall–Kier alpha value is -2.08. The average Bonchev–Trinajstić information content (AvgIpc) is 2.54. The highest BCUT2D eigenvalue weighted by atomic mass is 16.2. The zero-order valence-corrected chi connectivity index (χ0v) is 14.7. The average molecular weight is 332 g/mol. The number of rotatable bonds is 4. The van der Waals surface area contributed by atoms with Crippen molar-refractivity contribution in [1.82, 2.24) is 10.2 Å². The topological polar surface area (TPSA) is 87.5 Å². The zero-order chi connectivity index (χ0) is 17.7. The first-order chi connectivity index (χ1) is 11.4. The van der Waals surface area contributed by atoms with Crippen LogP contribution in [-0.2, 0) is 0 Å². The molecule has 3 amide bonds. The van der Waals surface area contributed by atoms with Gasteiger partial charge < -0.3 is 21.3 Å². The number of piperidine rings is 1. The van der Waals surface area contributed by atoms with Gasteiger partial charge in [-0.1, -0.05) is 0 Å². The number of likely N-dealkylation sites (tertiary alicyclic amines) is 1. The van der Waals surface area contributed by atoms with E-state index >= 15 is 0 Å². The summed E-state index contributed by atoms with van der Waals surface area (Å²) in [5.41, 5.74) is 7.33. The Bertz CT molecular complexity index is 569. The first-order valence-corrected chi connectivity index (χ1v) is 8.62. The van der Waals surface area contributed by atoms with Gasteiger partial charge in [0.15, 0.2) is 0 Å². The molecule has 1 aromatic rings. The van der Waals surface area contributed by atoms with Crippen molar-refractivity contribution in [2.45, 2.75) is 58.2 Å². The standard InChI is InChI=1S/C18H28N4O2/c1-12(2)20-18(24)21-15-9-7-14(8-10-15)17(23)22-11-5-4-6-16(22)13(3)19/h7-10,12-13,16H,4-6,11,19H2,1-3H3,(H2,20,21,24). The molecule has 1 heterocycles. The number of benzene rings is 1. The van der Waals surface area contributed by atoms with E-state index in [0.717, 1.165) is 25.8 Å². The van der Waals surface area contributed by atoms with Crippen LogP contribution < -0.4 is 16.4 Å². The van der Waals surface area contributed by atoms with Crippen LogP contribution in [0.2, 0.25) is 0 Å². The van der Waals surface area contributed by atoms with E-state index < -0.39 is 0 Å². The number of nitrogens with zero attached hydrogens (tertiary/aromatic N) is 1. The molecule has 132 valence electrons. The smallest absolute Gasteiger partial charge is 0.319 e. The van der Waals surface area contributed by atoms with Crippen molar-refractivity contribution in [2.24, 2.45) is 5.73 Å². The van der Waals surface area contributed by atoms with E-state index in [-0.39, 0.29) is 30.1 Å². The van der Waals surface area contributed by atoms with Gasteiger partial charge in [-0.3, -0.25) is 4.79 Å². The second-order valence-corrected chi connectivity index (χ2v) is 6.75. The van der Waals surface area contributed by atoms with Crippen molar-refractivity contribution < 1.29 is 9.59 Å². The maximum absolute atomic E-state index is 12.8. The molecule has 2 rings (SSSR count). The number of urea groups is 1. The van der Waals surface area contributed by atoms with Crippen LogP contribution in [0.3, 0.4) is 0 Å². The van der Waals surface area contributed by atoms with Gasteiger partial charge in [0.05, 0.1) is 0 Å². The van der Waals surface area contributed by atoms with E-state index in [1.807, 2.05) is 25.7 Å². The van der Waals surface area contributed by atoms with Crippen LogP contribution in [0.25, 0.3) is 0 Å². The second kappa shape index (κ2) is 8.15. The van der Waals surface area contributed by atoms with Crippen LogP contribution in [0.1, 0.15) is 50.4 Å².